The molecule has 1 aromatic carbocycles. The molecule has 3 N–H and O–H groups in total. The molecular formula is C17H18N2O3. The first-order valence-corrected chi connectivity index (χ1v) is 7.14. The predicted molar refractivity (Wildman–Crippen MR) is 83.8 cm³/mol. The SMILES string of the molecule is Cc1ccc2[nH]c(C(=O)NC(CO)c3ccco3)cc2c1C. The van der Waals surface area contributed by atoms with Crippen molar-refractivity contribution >= 4 is 16.8 Å². The second kappa shape index (κ2) is 5.69. The third kappa shape index (κ3) is 2.51. The number of H-pyrrole nitrogens is 1. The summed E-state index contributed by atoms with van der Waals surface area (Å²) in [4.78, 5) is 15.5. The lowest BCUT2D eigenvalue weighted by atomic mass is 10.1. The van der Waals surface area contributed by atoms with Crippen LogP contribution in [0.25, 0.3) is 10.9 Å². The Morgan fingerprint density at radius 3 is 2.86 bits per heavy atom. The van der Waals surface area contributed by atoms with Crippen LogP contribution in [-0.2, 0) is 0 Å². The number of hydrogen-bond acceptors (Lipinski definition) is 3. The number of aromatic amines is 1. The van der Waals surface area contributed by atoms with Crippen LogP contribution in [0.3, 0.4) is 0 Å². The molecule has 0 bridgehead atoms. The molecule has 2 heterocycles. The number of rotatable bonds is 4. The summed E-state index contributed by atoms with van der Waals surface area (Å²) in [6.07, 6.45) is 1.51. The molecule has 22 heavy (non-hydrogen) atoms. The Morgan fingerprint density at radius 2 is 2.18 bits per heavy atom. The van der Waals surface area contributed by atoms with E-state index in [-0.39, 0.29) is 12.5 Å². The monoisotopic (exact) mass is 298 g/mol. The van der Waals surface area contributed by atoms with Gasteiger partial charge in [-0.25, -0.2) is 0 Å². The first kappa shape index (κ1) is 14.4. The van der Waals surface area contributed by atoms with E-state index >= 15 is 0 Å². The summed E-state index contributed by atoms with van der Waals surface area (Å²) in [7, 11) is 0. The van der Waals surface area contributed by atoms with Gasteiger partial charge in [0, 0.05) is 10.9 Å². The molecule has 3 aromatic rings. The molecule has 0 spiro atoms. The Morgan fingerprint density at radius 1 is 1.36 bits per heavy atom. The number of carbonyl (C=O) groups excluding carboxylic acids is 1. The molecule has 0 aliphatic heterocycles. The van der Waals surface area contributed by atoms with E-state index in [2.05, 4.69) is 10.3 Å². The maximum atomic E-state index is 12.4. The zero-order valence-corrected chi connectivity index (χ0v) is 12.5. The summed E-state index contributed by atoms with van der Waals surface area (Å²) in [6, 6.07) is 8.71. The number of amides is 1. The van der Waals surface area contributed by atoms with Gasteiger partial charge in [0.1, 0.15) is 17.5 Å². The first-order valence-electron chi connectivity index (χ1n) is 7.14. The highest BCUT2D eigenvalue weighted by molar-refractivity contribution is 5.99. The number of benzene rings is 1. The number of carbonyl (C=O) groups is 1. The molecule has 2 aromatic heterocycles. The van der Waals surface area contributed by atoms with E-state index in [1.807, 2.05) is 32.0 Å². The Kier molecular flexibility index (Phi) is 3.73. The highest BCUT2D eigenvalue weighted by Gasteiger charge is 2.18. The molecule has 0 saturated carbocycles. The molecule has 0 aliphatic rings. The van der Waals surface area contributed by atoms with E-state index in [1.165, 1.54) is 11.8 Å². The topological polar surface area (TPSA) is 78.3 Å². The van der Waals surface area contributed by atoms with Crippen LogP contribution in [-0.4, -0.2) is 22.6 Å². The third-order valence-electron chi connectivity index (χ3n) is 3.96. The summed E-state index contributed by atoms with van der Waals surface area (Å²) in [5.74, 6) is 0.252. The van der Waals surface area contributed by atoms with Crippen LogP contribution in [0.5, 0.6) is 0 Å². The number of hydrogen-bond donors (Lipinski definition) is 3. The van der Waals surface area contributed by atoms with Crippen molar-refractivity contribution in [2.45, 2.75) is 19.9 Å². The molecular weight excluding hydrogens is 280 g/mol. The number of nitrogens with one attached hydrogen (secondary N) is 2. The van der Waals surface area contributed by atoms with Gasteiger partial charge in [0.25, 0.3) is 5.91 Å². The van der Waals surface area contributed by atoms with Crippen molar-refractivity contribution in [3.63, 3.8) is 0 Å². The molecule has 0 aliphatic carbocycles. The molecule has 5 heteroatoms. The van der Waals surface area contributed by atoms with Gasteiger partial charge in [0.05, 0.1) is 12.9 Å². The number of fused-ring (bicyclic) bond motifs is 1. The smallest absolute Gasteiger partial charge is 0.268 e. The summed E-state index contributed by atoms with van der Waals surface area (Å²) in [6.45, 7) is 3.85. The van der Waals surface area contributed by atoms with E-state index in [0.29, 0.717) is 11.5 Å². The zero-order valence-electron chi connectivity index (χ0n) is 12.5. The fourth-order valence-corrected chi connectivity index (χ4v) is 2.51. The van der Waals surface area contributed by atoms with Crippen molar-refractivity contribution in [1.29, 1.82) is 0 Å². The number of aliphatic hydroxyl groups is 1. The standard InChI is InChI=1S/C17H18N2O3/c1-10-5-6-13-12(11(10)2)8-14(18-13)17(21)19-15(9-20)16-4-3-7-22-16/h3-8,15,18,20H,9H2,1-2H3,(H,19,21). The lowest BCUT2D eigenvalue weighted by Gasteiger charge is -2.12. The Balaban J connectivity index is 1.87. The second-order valence-corrected chi connectivity index (χ2v) is 5.38. The largest absolute Gasteiger partial charge is 0.467 e. The summed E-state index contributed by atoms with van der Waals surface area (Å²) in [5, 5.41) is 13.2. The lowest BCUT2D eigenvalue weighted by molar-refractivity contribution is 0.0903. The minimum atomic E-state index is -0.559. The molecule has 0 radical (unpaired) electrons. The average molecular weight is 298 g/mol. The average Bonchev–Trinajstić information content (AvgIpc) is 3.17. The fourth-order valence-electron chi connectivity index (χ4n) is 2.51. The van der Waals surface area contributed by atoms with Crippen molar-refractivity contribution in [3.8, 4) is 0 Å². The van der Waals surface area contributed by atoms with E-state index in [4.69, 9.17) is 4.42 Å². The number of aromatic nitrogens is 1. The number of furan rings is 1. The molecule has 3 rings (SSSR count). The van der Waals surface area contributed by atoms with Crippen LogP contribution in [0.4, 0.5) is 0 Å². The van der Waals surface area contributed by atoms with Crippen molar-refractivity contribution in [3.05, 3.63) is 59.2 Å². The maximum absolute atomic E-state index is 12.4. The van der Waals surface area contributed by atoms with Crippen molar-refractivity contribution in [1.82, 2.24) is 10.3 Å². The van der Waals surface area contributed by atoms with Crippen LogP contribution in [0.15, 0.2) is 41.0 Å². The molecule has 1 unspecified atom stereocenters. The van der Waals surface area contributed by atoms with E-state index in [0.717, 1.165) is 16.5 Å². The van der Waals surface area contributed by atoms with Gasteiger partial charge in [-0.15, -0.1) is 0 Å². The lowest BCUT2D eigenvalue weighted by Crippen LogP contribution is -2.30. The van der Waals surface area contributed by atoms with Crippen LogP contribution in [0, 0.1) is 13.8 Å². The number of aliphatic hydroxyl groups excluding tert-OH is 1. The Hall–Kier alpha value is -2.53. The second-order valence-electron chi connectivity index (χ2n) is 5.38. The van der Waals surface area contributed by atoms with Gasteiger partial charge >= 0.3 is 0 Å². The van der Waals surface area contributed by atoms with Crippen molar-refractivity contribution in [2.24, 2.45) is 0 Å². The molecule has 114 valence electrons. The quantitative estimate of drug-likeness (QED) is 0.693. The predicted octanol–water partition coefficient (Wildman–Crippen LogP) is 2.84. The van der Waals surface area contributed by atoms with Gasteiger partial charge < -0.3 is 19.8 Å². The van der Waals surface area contributed by atoms with E-state index < -0.39 is 6.04 Å². The van der Waals surface area contributed by atoms with Gasteiger partial charge in [0.15, 0.2) is 0 Å². The normalized spacial score (nSPS) is 12.5. The van der Waals surface area contributed by atoms with Crippen molar-refractivity contribution in [2.75, 3.05) is 6.61 Å². The molecule has 1 atom stereocenters. The molecule has 0 fully saturated rings. The summed E-state index contributed by atoms with van der Waals surface area (Å²) >= 11 is 0. The van der Waals surface area contributed by atoms with E-state index in [9.17, 15) is 9.90 Å². The Labute approximate surface area is 128 Å². The van der Waals surface area contributed by atoms with Gasteiger partial charge in [-0.1, -0.05) is 6.07 Å². The summed E-state index contributed by atoms with van der Waals surface area (Å²) < 4.78 is 5.23. The minimum Gasteiger partial charge on any atom is -0.467 e. The number of aryl methyl sites for hydroxylation is 2. The van der Waals surface area contributed by atoms with Crippen molar-refractivity contribution < 1.29 is 14.3 Å². The van der Waals surface area contributed by atoms with Crippen LogP contribution >= 0.6 is 0 Å². The van der Waals surface area contributed by atoms with Gasteiger partial charge in [0.2, 0.25) is 0 Å². The molecule has 1 amide bonds. The van der Waals surface area contributed by atoms with Gasteiger partial charge in [-0.05, 0) is 49.2 Å². The van der Waals surface area contributed by atoms with E-state index in [1.54, 1.807) is 12.1 Å². The highest BCUT2D eigenvalue weighted by Crippen LogP contribution is 2.23. The Bertz CT molecular complexity index is 803. The van der Waals surface area contributed by atoms with Gasteiger partial charge in [-0.2, -0.15) is 0 Å². The molecule has 0 saturated heterocycles. The van der Waals surface area contributed by atoms with Crippen LogP contribution in [0.1, 0.15) is 33.4 Å². The highest BCUT2D eigenvalue weighted by atomic mass is 16.3. The minimum absolute atomic E-state index is 0.225. The fraction of sp³-hybridized carbons (Fsp3) is 0.235. The van der Waals surface area contributed by atoms with Gasteiger partial charge in [-0.3, -0.25) is 4.79 Å². The van der Waals surface area contributed by atoms with Crippen LogP contribution in [0.2, 0.25) is 0 Å². The molecule has 5 nitrogen and oxygen atoms in total. The first-order chi connectivity index (χ1) is 10.6. The zero-order chi connectivity index (χ0) is 15.7. The third-order valence-corrected chi connectivity index (χ3v) is 3.96. The van der Waals surface area contributed by atoms with Crippen LogP contribution < -0.4 is 5.32 Å². The maximum Gasteiger partial charge on any atom is 0.268 e. The summed E-state index contributed by atoms with van der Waals surface area (Å²) in [5.41, 5.74) is 3.72.